The smallest absolute Gasteiger partial charge is 0.0788 e. The molecule has 0 radical (unpaired) electrons. The molecular formula is C49H29N3S. The summed E-state index contributed by atoms with van der Waals surface area (Å²) in [5.74, 6) is 0. The standard InChI is InChI=1S/C49H29N3S/c1-2-12-31(13-3-1)51-42-19-9-5-14-33(42)36-26-27-37-34-15-6-10-20-43(34)52(48(37)47(36)51)32-24-22-30(23-25-32)46-40-29-28-38-35-16-7-11-21-44(35)53-49(38)45(40)39-17-4-8-18-41(39)50-46/h1-29H. The first-order valence-corrected chi connectivity index (χ1v) is 18.9. The second-order valence-electron chi connectivity index (χ2n) is 13.9. The third-order valence-corrected chi connectivity index (χ3v) is 12.3. The molecule has 0 aliphatic heterocycles. The highest BCUT2D eigenvalue weighted by molar-refractivity contribution is 7.26. The van der Waals surface area contributed by atoms with Crippen molar-refractivity contribution in [3.05, 3.63) is 176 Å². The summed E-state index contributed by atoms with van der Waals surface area (Å²) in [5.41, 5.74) is 10.2. The van der Waals surface area contributed by atoms with E-state index in [4.69, 9.17) is 4.98 Å². The Labute approximate surface area is 308 Å². The van der Waals surface area contributed by atoms with Gasteiger partial charge in [0, 0.05) is 74.8 Å². The number of benzene rings is 8. The molecule has 246 valence electrons. The Morgan fingerprint density at radius 1 is 0.377 bits per heavy atom. The Kier molecular flexibility index (Phi) is 5.93. The molecule has 0 atom stereocenters. The minimum absolute atomic E-state index is 1.01. The summed E-state index contributed by atoms with van der Waals surface area (Å²) in [6.07, 6.45) is 0. The molecule has 0 fully saturated rings. The Morgan fingerprint density at radius 3 is 1.60 bits per heavy atom. The van der Waals surface area contributed by atoms with Crippen molar-refractivity contribution >= 4 is 96.8 Å². The molecule has 0 bridgehead atoms. The first-order chi connectivity index (χ1) is 26.3. The van der Waals surface area contributed by atoms with Crippen LogP contribution in [0, 0.1) is 0 Å². The summed E-state index contributed by atoms with van der Waals surface area (Å²) in [5, 5.41) is 11.3. The van der Waals surface area contributed by atoms with E-state index in [1.165, 1.54) is 79.9 Å². The number of hydrogen-bond donors (Lipinski definition) is 0. The van der Waals surface area contributed by atoms with Crippen LogP contribution >= 0.6 is 11.3 Å². The minimum atomic E-state index is 1.01. The van der Waals surface area contributed by atoms with Crippen molar-refractivity contribution in [3.63, 3.8) is 0 Å². The van der Waals surface area contributed by atoms with E-state index in [1.54, 1.807) is 0 Å². The molecule has 0 aliphatic carbocycles. The van der Waals surface area contributed by atoms with Crippen LogP contribution in [-0.4, -0.2) is 14.1 Å². The number of nitrogens with zero attached hydrogens (tertiary/aromatic N) is 3. The van der Waals surface area contributed by atoms with E-state index in [-0.39, 0.29) is 0 Å². The molecule has 0 N–H and O–H groups in total. The van der Waals surface area contributed by atoms with Crippen molar-refractivity contribution in [2.45, 2.75) is 0 Å². The molecule has 12 rings (SSSR count). The number of pyridine rings is 1. The van der Waals surface area contributed by atoms with E-state index in [1.807, 2.05) is 11.3 Å². The number of hydrogen-bond acceptors (Lipinski definition) is 2. The largest absolute Gasteiger partial charge is 0.307 e. The summed E-state index contributed by atoms with van der Waals surface area (Å²) in [6, 6.07) is 63.9. The molecule has 4 aromatic heterocycles. The molecule has 4 heteroatoms. The zero-order valence-corrected chi connectivity index (χ0v) is 29.3. The van der Waals surface area contributed by atoms with Gasteiger partial charge in [-0.1, -0.05) is 127 Å². The predicted molar refractivity (Wildman–Crippen MR) is 226 cm³/mol. The summed E-state index contributed by atoms with van der Waals surface area (Å²) < 4.78 is 7.54. The third kappa shape index (κ3) is 4.01. The van der Waals surface area contributed by atoms with Gasteiger partial charge in [-0.05, 0) is 48.5 Å². The fourth-order valence-corrected chi connectivity index (χ4v) is 10.1. The quantitative estimate of drug-likeness (QED) is 0.169. The summed E-state index contributed by atoms with van der Waals surface area (Å²) >= 11 is 1.88. The van der Waals surface area contributed by atoms with Crippen LogP contribution in [0.25, 0.3) is 108 Å². The average molecular weight is 692 g/mol. The van der Waals surface area contributed by atoms with Crippen LogP contribution in [0.4, 0.5) is 0 Å². The van der Waals surface area contributed by atoms with Crippen LogP contribution in [0.5, 0.6) is 0 Å². The Bertz CT molecular complexity index is 3440. The van der Waals surface area contributed by atoms with Crippen LogP contribution in [0.3, 0.4) is 0 Å². The maximum absolute atomic E-state index is 5.33. The van der Waals surface area contributed by atoms with E-state index < -0.39 is 0 Å². The highest BCUT2D eigenvalue weighted by Crippen LogP contribution is 2.45. The zero-order valence-electron chi connectivity index (χ0n) is 28.5. The van der Waals surface area contributed by atoms with Gasteiger partial charge in [-0.2, -0.15) is 0 Å². The molecule has 8 aromatic carbocycles. The number of rotatable bonds is 3. The summed E-state index contributed by atoms with van der Waals surface area (Å²) in [7, 11) is 0. The second-order valence-corrected chi connectivity index (χ2v) is 14.9. The van der Waals surface area contributed by atoms with Crippen molar-refractivity contribution in [2.75, 3.05) is 0 Å². The van der Waals surface area contributed by atoms with Gasteiger partial charge in [-0.25, -0.2) is 4.98 Å². The third-order valence-electron chi connectivity index (χ3n) is 11.1. The molecule has 0 unspecified atom stereocenters. The maximum Gasteiger partial charge on any atom is 0.0788 e. The van der Waals surface area contributed by atoms with Crippen LogP contribution < -0.4 is 0 Å². The number of fused-ring (bicyclic) bond motifs is 14. The maximum atomic E-state index is 5.33. The Balaban J connectivity index is 1.13. The normalized spacial score (nSPS) is 12.2. The van der Waals surface area contributed by atoms with Crippen molar-refractivity contribution in [2.24, 2.45) is 0 Å². The lowest BCUT2D eigenvalue weighted by atomic mass is 9.98. The topological polar surface area (TPSA) is 22.8 Å². The molecule has 0 amide bonds. The van der Waals surface area contributed by atoms with Gasteiger partial charge in [-0.15, -0.1) is 11.3 Å². The number of thiophene rings is 1. The molecule has 0 saturated carbocycles. The van der Waals surface area contributed by atoms with Crippen molar-refractivity contribution in [1.29, 1.82) is 0 Å². The van der Waals surface area contributed by atoms with Gasteiger partial charge in [0.1, 0.15) is 0 Å². The summed E-state index contributed by atoms with van der Waals surface area (Å²) in [4.78, 5) is 5.33. The molecular weight excluding hydrogens is 663 g/mol. The van der Waals surface area contributed by atoms with E-state index >= 15 is 0 Å². The molecule has 0 aliphatic rings. The van der Waals surface area contributed by atoms with E-state index in [0.717, 1.165) is 28.1 Å². The first kappa shape index (κ1) is 28.9. The van der Waals surface area contributed by atoms with Gasteiger partial charge in [0.15, 0.2) is 0 Å². The van der Waals surface area contributed by atoms with Gasteiger partial charge in [-0.3, -0.25) is 0 Å². The molecule has 0 spiro atoms. The van der Waals surface area contributed by atoms with Crippen LogP contribution in [0.15, 0.2) is 176 Å². The number of para-hydroxylation sites is 4. The average Bonchev–Trinajstić information content (AvgIpc) is 3.89. The molecule has 12 aromatic rings. The van der Waals surface area contributed by atoms with Gasteiger partial charge in [0.25, 0.3) is 0 Å². The predicted octanol–water partition coefficient (Wildman–Crippen LogP) is 13.6. The van der Waals surface area contributed by atoms with E-state index in [2.05, 4.69) is 185 Å². The van der Waals surface area contributed by atoms with Gasteiger partial charge in [0.05, 0.1) is 33.3 Å². The van der Waals surface area contributed by atoms with Gasteiger partial charge in [0.2, 0.25) is 0 Å². The molecule has 53 heavy (non-hydrogen) atoms. The lowest BCUT2D eigenvalue weighted by Gasteiger charge is -2.14. The van der Waals surface area contributed by atoms with E-state index in [0.29, 0.717) is 0 Å². The minimum Gasteiger partial charge on any atom is -0.307 e. The van der Waals surface area contributed by atoms with Crippen molar-refractivity contribution in [1.82, 2.24) is 14.1 Å². The van der Waals surface area contributed by atoms with Gasteiger partial charge < -0.3 is 9.13 Å². The fourth-order valence-electron chi connectivity index (χ4n) is 8.82. The highest BCUT2D eigenvalue weighted by atomic mass is 32.1. The van der Waals surface area contributed by atoms with Gasteiger partial charge >= 0.3 is 0 Å². The lowest BCUT2D eigenvalue weighted by Crippen LogP contribution is -1.98. The molecule has 3 nitrogen and oxygen atoms in total. The van der Waals surface area contributed by atoms with E-state index in [9.17, 15) is 0 Å². The summed E-state index contributed by atoms with van der Waals surface area (Å²) in [6.45, 7) is 0. The van der Waals surface area contributed by atoms with Crippen molar-refractivity contribution in [3.8, 4) is 22.6 Å². The van der Waals surface area contributed by atoms with Crippen molar-refractivity contribution < 1.29 is 0 Å². The fraction of sp³-hybridized carbons (Fsp3) is 0. The Hall–Kier alpha value is -6.75. The molecule has 0 saturated heterocycles. The van der Waals surface area contributed by atoms with Crippen LogP contribution in [0.2, 0.25) is 0 Å². The second kappa shape index (κ2) is 10.9. The monoisotopic (exact) mass is 691 g/mol. The highest BCUT2D eigenvalue weighted by Gasteiger charge is 2.22. The SMILES string of the molecule is c1ccc(-n2c3ccccc3c3ccc4c5ccccc5n(-c5ccc(-c6nc7ccccc7c7c6ccc6c8ccccc8sc67)cc5)c4c32)cc1. The Morgan fingerprint density at radius 2 is 0.906 bits per heavy atom. The number of aromatic nitrogens is 3. The van der Waals surface area contributed by atoms with Crippen LogP contribution in [-0.2, 0) is 0 Å². The van der Waals surface area contributed by atoms with Crippen LogP contribution in [0.1, 0.15) is 0 Å². The lowest BCUT2D eigenvalue weighted by molar-refractivity contribution is 1.15. The zero-order chi connectivity index (χ0) is 34.6. The first-order valence-electron chi connectivity index (χ1n) is 18.1. The molecule has 4 heterocycles.